The molecule has 1 amide bonds. The zero-order valence-corrected chi connectivity index (χ0v) is 9.00. The van der Waals surface area contributed by atoms with E-state index in [0.29, 0.717) is 19.5 Å². The van der Waals surface area contributed by atoms with Gasteiger partial charge in [0.1, 0.15) is 0 Å². The Kier molecular flexibility index (Phi) is 3.68. The van der Waals surface area contributed by atoms with E-state index < -0.39 is 0 Å². The highest BCUT2D eigenvalue weighted by atomic mass is 16.1. The number of carbonyl (C=O) groups excluding carboxylic acids is 1. The van der Waals surface area contributed by atoms with Crippen LogP contribution in [0.5, 0.6) is 0 Å². The van der Waals surface area contributed by atoms with Gasteiger partial charge in [-0.3, -0.25) is 9.48 Å². The smallest absolute Gasteiger partial charge is 0.221 e. The Morgan fingerprint density at radius 1 is 1.57 bits per heavy atom. The molecule has 0 aliphatic rings. The van der Waals surface area contributed by atoms with E-state index in [0.717, 1.165) is 11.4 Å². The molecular weight excluding hydrogens is 178 g/mol. The molecule has 14 heavy (non-hydrogen) atoms. The van der Waals surface area contributed by atoms with Crippen LogP contribution < -0.4 is 5.32 Å². The first kappa shape index (κ1) is 10.8. The molecule has 1 aromatic heterocycles. The first-order chi connectivity index (χ1) is 6.63. The van der Waals surface area contributed by atoms with Crippen LogP contribution in [0.4, 0.5) is 0 Å². The Hall–Kier alpha value is -1.32. The highest BCUT2D eigenvalue weighted by Crippen LogP contribution is 2.02. The van der Waals surface area contributed by atoms with E-state index in [1.807, 2.05) is 31.5 Å². The van der Waals surface area contributed by atoms with E-state index in [-0.39, 0.29) is 5.91 Å². The predicted molar refractivity (Wildman–Crippen MR) is 55.0 cm³/mol. The van der Waals surface area contributed by atoms with E-state index in [4.69, 9.17) is 0 Å². The van der Waals surface area contributed by atoms with Gasteiger partial charge in [0, 0.05) is 25.2 Å². The van der Waals surface area contributed by atoms with Crippen LogP contribution in [-0.2, 0) is 11.3 Å². The summed E-state index contributed by atoms with van der Waals surface area (Å²) >= 11 is 0. The number of nitrogens with zero attached hydrogens (tertiary/aromatic N) is 2. The number of hydrogen-bond donors (Lipinski definition) is 1. The van der Waals surface area contributed by atoms with Gasteiger partial charge in [0.25, 0.3) is 0 Å². The van der Waals surface area contributed by atoms with Gasteiger partial charge in [0.05, 0.1) is 5.69 Å². The third-order valence-electron chi connectivity index (χ3n) is 2.03. The summed E-state index contributed by atoms with van der Waals surface area (Å²) < 4.78 is 1.87. The predicted octanol–water partition coefficient (Wildman–Crippen LogP) is 1.03. The van der Waals surface area contributed by atoms with Crippen LogP contribution in [0.2, 0.25) is 0 Å². The first-order valence-corrected chi connectivity index (χ1v) is 4.91. The average Bonchev–Trinajstić information content (AvgIpc) is 2.42. The highest BCUT2D eigenvalue weighted by molar-refractivity contribution is 5.75. The summed E-state index contributed by atoms with van der Waals surface area (Å²) in [5.74, 6) is 0.0834. The lowest BCUT2D eigenvalue weighted by Gasteiger charge is -2.04. The molecule has 4 heteroatoms. The van der Waals surface area contributed by atoms with Gasteiger partial charge in [-0.05, 0) is 26.8 Å². The van der Waals surface area contributed by atoms with E-state index >= 15 is 0 Å². The maximum atomic E-state index is 11.2. The number of aryl methyl sites for hydroxylation is 3. The Labute approximate surface area is 84.3 Å². The van der Waals surface area contributed by atoms with Crippen LogP contribution in [0.1, 0.15) is 24.7 Å². The summed E-state index contributed by atoms with van der Waals surface area (Å²) in [6.45, 7) is 7.22. The maximum Gasteiger partial charge on any atom is 0.221 e. The topological polar surface area (TPSA) is 46.9 Å². The van der Waals surface area contributed by atoms with Gasteiger partial charge in [-0.2, -0.15) is 5.10 Å². The van der Waals surface area contributed by atoms with Gasteiger partial charge in [-0.15, -0.1) is 0 Å². The molecule has 1 heterocycles. The second kappa shape index (κ2) is 4.79. The fourth-order valence-corrected chi connectivity index (χ4v) is 1.39. The standard InChI is InChI=1S/C10H17N3O/c1-4-11-10(14)5-6-13-9(3)7-8(2)12-13/h7H,4-6H2,1-3H3,(H,11,14). The van der Waals surface area contributed by atoms with Crippen molar-refractivity contribution in [2.24, 2.45) is 0 Å². The van der Waals surface area contributed by atoms with Gasteiger partial charge in [-0.25, -0.2) is 0 Å². The fraction of sp³-hybridized carbons (Fsp3) is 0.600. The van der Waals surface area contributed by atoms with Crippen molar-refractivity contribution >= 4 is 5.91 Å². The van der Waals surface area contributed by atoms with Gasteiger partial charge in [-0.1, -0.05) is 0 Å². The highest BCUT2D eigenvalue weighted by Gasteiger charge is 2.03. The third kappa shape index (κ3) is 2.87. The van der Waals surface area contributed by atoms with Gasteiger partial charge in [0.15, 0.2) is 0 Å². The summed E-state index contributed by atoms with van der Waals surface area (Å²) in [6.07, 6.45) is 0.496. The number of amides is 1. The SMILES string of the molecule is CCNC(=O)CCn1nc(C)cc1C. The Balaban J connectivity index is 2.45. The van der Waals surface area contributed by atoms with Gasteiger partial charge < -0.3 is 5.32 Å². The molecule has 0 fully saturated rings. The molecule has 0 aromatic carbocycles. The lowest BCUT2D eigenvalue weighted by atomic mass is 10.3. The molecule has 0 saturated heterocycles. The summed E-state index contributed by atoms with van der Waals surface area (Å²) in [4.78, 5) is 11.2. The van der Waals surface area contributed by atoms with Crippen molar-refractivity contribution in [3.63, 3.8) is 0 Å². The number of rotatable bonds is 4. The van der Waals surface area contributed by atoms with Crippen molar-refractivity contribution in [3.05, 3.63) is 17.5 Å². The Bertz CT molecular complexity index is 317. The van der Waals surface area contributed by atoms with Crippen molar-refractivity contribution < 1.29 is 4.79 Å². The molecule has 0 aliphatic carbocycles. The van der Waals surface area contributed by atoms with Crippen LogP contribution in [0, 0.1) is 13.8 Å². The molecule has 4 nitrogen and oxygen atoms in total. The quantitative estimate of drug-likeness (QED) is 0.780. The minimum absolute atomic E-state index is 0.0834. The fourth-order valence-electron chi connectivity index (χ4n) is 1.39. The van der Waals surface area contributed by atoms with E-state index in [2.05, 4.69) is 10.4 Å². The van der Waals surface area contributed by atoms with E-state index in [9.17, 15) is 4.79 Å². The van der Waals surface area contributed by atoms with Crippen LogP contribution in [0.15, 0.2) is 6.07 Å². The summed E-state index contributed by atoms with van der Waals surface area (Å²) in [5.41, 5.74) is 2.10. The molecule has 0 bridgehead atoms. The van der Waals surface area contributed by atoms with Crippen molar-refractivity contribution in [1.82, 2.24) is 15.1 Å². The van der Waals surface area contributed by atoms with Crippen LogP contribution in [-0.4, -0.2) is 22.2 Å². The van der Waals surface area contributed by atoms with Crippen LogP contribution in [0.3, 0.4) is 0 Å². The molecule has 0 radical (unpaired) electrons. The zero-order chi connectivity index (χ0) is 10.6. The molecule has 0 atom stereocenters. The number of nitrogens with one attached hydrogen (secondary N) is 1. The summed E-state index contributed by atoms with van der Waals surface area (Å²) in [7, 11) is 0. The molecule has 1 N–H and O–H groups in total. The lowest BCUT2D eigenvalue weighted by Crippen LogP contribution is -2.24. The first-order valence-electron chi connectivity index (χ1n) is 4.91. The van der Waals surface area contributed by atoms with Crippen molar-refractivity contribution in [2.75, 3.05) is 6.54 Å². The lowest BCUT2D eigenvalue weighted by molar-refractivity contribution is -0.121. The number of hydrogen-bond acceptors (Lipinski definition) is 2. The van der Waals surface area contributed by atoms with E-state index in [1.165, 1.54) is 0 Å². The molecule has 1 rings (SSSR count). The van der Waals surface area contributed by atoms with Crippen molar-refractivity contribution in [2.45, 2.75) is 33.7 Å². The second-order valence-electron chi connectivity index (χ2n) is 3.35. The number of aromatic nitrogens is 2. The molecule has 0 unspecified atom stereocenters. The molecule has 0 saturated carbocycles. The minimum Gasteiger partial charge on any atom is -0.356 e. The summed E-state index contributed by atoms with van der Waals surface area (Å²) in [6, 6.07) is 2.01. The second-order valence-corrected chi connectivity index (χ2v) is 3.35. The largest absolute Gasteiger partial charge is 0.356 e. The molecular formula is C10H17N3O. The van der Waals surface area contributed by atoms with Gasteiger partial charge in [0.2, 0.25) is 5.91 Å². The normalized spacial score (nSPS) is 10.2. The molecule has 0 spiro atoms. The van der Waals surface area contributed by atoms with Crippen molar-refractivity contribution in [3.8, 4) is 0 Å². The van der Waals surface area contributed by atoms with Crippen LogP contribution in [0.25, 0.3) is 0 Å². The van der Waals surface area contributed by atoms with E-state index in [1.54, 1.807) is 0 Å². The van der Waals surface area contributed by atoms with Crippen LogP contribution >= 0.6 is 0 Å². The molecule has 1 aromatic rings. The van der Waals surface area contributed by atoms with Crippen molar-refractivity contribution in [1.29, 1.82) is 0 Å². The molecule has 0 aliphatic heterocycles. The number of carbonyl (C=O) groups is 1. The maximum absolute atomic E-state index is 11.2. The minimum atomic E-state index is 0.0834. The molecule has 78 valence electrons. The average molecular weight is 195 g/mol. The summed E-state index contributed by atoms with van der Waals surface area (Å²) in [5, 5.41) is 7.04. The Morgan fingerprint density at radius 2 is 2.29 bits per heavy atom. The van der Waals surface area contributed by atoms with Gasteiger partial charge >= 0.3 is 0 Å². The Morgan fingerprint density at radius 3 is 2.79 bits per heavy atom. The zero-order valence-electron chi connectivity index (χ0n) is 9.00. The monoisotopic (exact) mass is 195 g/mol. The third-order valence-corrected chi connectivity index (χ3v) is 2.03.